The van der Waals surface area contributed by atoms with Gasteiger partial charge in [-0.05, 0) is 51.4 Å². The topological polar surface area (TPSA) is 76.4 Å². The number of methoxy groups -OCH3 is 2. The fourth-order valence-electron chi connectivity index (χ4n) is 4.20. The summed E-state index contributed by atoms with van der Waals surface area (Å²) in [6.45, 7) is 5.88. The van der Waals surface area contributed by atoms with Gasteiger partial charge in [-0.1, -0.05) is 5.16 Å². The van der Waals surface area contributed by atoms with Gasteiger partial charge in [-0.15, -0.1) is 0 Å². The molecule has 1 saturated heterocycles. The molecule has 7 heteroatoms. The minimum Gasteiger partial charge on any atom is -0.493 e. The molecule has 3 aromatic rings. The van der Waals surface area contributed by atoms with E-state index in [2.05, 4.69) is 20.3 Å². The van der Waals surface area contributed by atoms with Crippen LogP contribution in [0.15, 0.2) is 28.9 Å². The molecule has 1 N–H and O–H groups in total. The summed E-state index contributed by atoms with van der Waals surface area (Å²) in [6.07, 6.45) is 4.19. The average Bonchev–Trinajstić information content (AvgIpc) is 3.43. The molecule has 1 aromatic carbocycles. The molecule has 7 nitrogen and oxygen atoms in total. The van der Waals surface area contributed by atoms with Crippen molar-refractivity contribution in [3.05, 3.63) is 47.0 Å². The smallest absolute Gasteiger partial charge is 0.161 e. The lowest BCUT2D eigenvalue weighted by Gasteiger charge is -2.24. The Morgan fingerprint density at radius 1 is 1.21 bits per heavy atom. The number of ether oxygens (including phenoxy) is 2. The van der Waals surface area contributed by atoms with Gasteiger partial charge >= 0.3 is 0 Å². The molecule has 1 aliphatic heterocycles. The third-order valence-corrected chi connectivity index (χ3v) is 5.55. The molecule has 2 aromatic heterocycles. The first kappa shape index (κ1) is 18.6. The number of nitrogens with one attached hydrogen (secondary N) is 1. The number of aromatic amines is 1. The Morgan fingerprint density at radius 2 is 2.04 bits per heavy atom. The Kier molecular flexibility index (Phi) is 5.09. The number of hydrogen-bond acceptors (Lipinski definition) is 6. The van der Waals surface area contributed by atoms with E-state index in [-0.39, 0.29) is 0 Å². The summed E-state index contributed by atoms with van der Waals surface area (Å²) in [6, 6.07) is 6.25. The van der Waals surface area contributed by atoms with Gasteiger partial charge in [0.25, 0.3) is 0 Å². The van der Waals surface area contributed by atoms with Crippen molar-refractivity contribution < 1.29 is 14.0 Å². The van der Waals surface area contributed by atoms with Gasteiger partial charge in [0, 0.05) is 29.3 Å². The highest BCUT2D eigenvalue weighted by atomic mass is 16.5. The molecule has 0 radical (unpaired) electrons. The second kappa shape index (κ2) is 7.67. The van der Waals surface area contributed by atoms with Crippen LogP contribution in [0.5, 0.6) is 11.5 Å². The molecular weight excluding hydrogens is 356 g/mol. The SMILES string of the molecule is COc1ccc(-c2[nH]ncc2CN2CCC[C@H]2c2c(C)noc2C)cc1OC. The molecule has 4 rings (SSSR count). The lowest BCUT2D eigenvalue weighted by Crippen LogP contribution is -2.23. The number of rotatable bonds is 6. The van der Waals surface area contributed by atoms with E-state index in [1.165, 1.54) is 5.56 Å². The van der Waals surface area contributed by atoms with Crippen LogP contribution in [0, 0.1) is 13.8 Å². The molecule has 28 heavy (non-hydrogen) atoms. The molecule has 0 saturated carbocycles. The molecule has 1 aliphatic rings. The molecule has 0 spiro atoms. The molecule has 1 fully saturated rings. The predicted octanol–water partition coefficient (Wildman–Crippen LogP) is 4.04. The largest absolute Gasteiger partial charge is 0.493 e. The Balaban J connectivity index is 1.61. The lowest BCUT2D eigenvalue weighted by molar-refractivity contribution is 0.246. The average molecular weight is 382 g/mol. The maximum atomic E-state index is 5.45. The summed E-state index contributed by atoms with van der Waals surface area (Å²) in [5.41, 5.74) is 5.41. The lowest BCUT2D eigenvalue weighted by atomic mass is 10.0. The van der Waals surface area contributed by atoms with Crippen molar-refractivity contribution in [2.24, 2.45) is 0 Å². The fraction of sp³-hybridized carbons (Fsp3) is 0.429. The summed E-state index contributed by atoms with van der Waals surface area (Å²) in [7, 11) is 3.29. The normalized spacial score (nSPS) is 17.2. The molecule has 1 atom stereocenters. The Hall–Kier alpha value is -2.80. The molecule has 0 aliphatic carbocycles. The van der Waals surface area contributed by atoms with Gasteiger partial charge < -0.3 is 14.0 Å². The van der Waals surface area contributed by atoms with E-state index in [1.807, 2.05) is 38.2 Å². The second-order valence-corrected chi connectivity index (χ2v) is 7.21. The minimum atomic E-state index is 0.333. The van der Waals surface area contributed by atoms with Crippen LogP contribution in [-0.2, 0) is 6.54 Å². The first-order valence-corrected chi connectivity index (χ1v) is 9.53. The van der Waals surface area contributed by atoms with E-state index < -0.39 is 0 Å². The van der Waals surface area contributed by atoms with E-state index in [0.29, 0.717) is 17.5 Å². The highest BCUT2D eigenvalue weighted by molar-refractivity contribution is 5.66. The van der Waals surface area contributed by atoms with Crippen LogP contribution in [-0.4, -0.2) is 41.0 Å². The number of aromatic nitrogens is 3. The van der Waals surface area contributed by atoms with Crippen molar-refractivity contribution in [2.75, 3.05) is 20.8 Å². The van der Waals surface area contributed by atoms with Crippen LogP contribution < -0.4 is 9.47 Å². The van der Waals surface area contributed by atoms with Gasteiger partial charge in [-0.25, -0.2) is 0 Å². The zero-order chi connectivity index (χ0) is 19.7. The van der Waals surface area contributed by atoms with Crippen LogP contribution >= 0.6 is 0 Å². The maximum absolute atomic E-state index is 5.45. The summed E-state index contributed by atoms with van der Waals surface area (Å²) in [5, 5.41) is 11.6. The standard InChI is InChI=1S/C21H26N4O3/c1-13-20(14(2)28-24-13)17-6-5-9-25(17)12-16-11-22-23-21(16)15-7-8-18(26-3)19(10-15)27-4/h7-8,10-11,17H,5-6,9,12H2,1-4H3,(H,22,23)/t17-/m0/s1. The van der Waals surface area contributed by atoms with Crippen LogP contribution in [0.1, 0.15) is 41.5 Å². The van der Waals surface area contributed by atoms with Crippen molar-refractivity contribution in [3.63, 3.8) is 0 Å². The van der Waals surface area contributed by atoms with Crippen LogP contribution in [0.25, 0.3) is 11.3 Å². The Morgan fingerprint density at radius 3 is 2.75 bits per heavy atom. The Bertz CT molecular complexity index is 943. The van der Waals surface area contributed by atoms with Crippen molar-refractivity contribution in [2.45, 2.75) is 39.3 Å². The van der Waals surface area contributed by atoms with Gasteiger partial charge in [0.1, 0.15) is 5.76 Å². The molecule has 0 amide bonds. The van der Waals surface area contributed by atoms with E-state index in [4.69, 9.17) is 14.0 Å². The summed E-state index contributed by atoms with van der Waals surface area (Å²) in [4.78, 5) is 2.49. The molecule has 148 valence electrons. The van der Waals surface area contributed by atoms with E-state index in [0.717, 1.165) is 54.2 Å². The van der Waals surface area contributed by atoms with Crippen LogP contribution in [0.3, 0.4) is 0 Å². The van der Waals surface area contributed by atoms with Gasteiger partial charge in [0.15, 0.2) is 11.5 Å². The predicted molar refractivity (Wildman–Crippen MR) is 105 cm³/mol. The first-order valence-electron chi connectivity index (χ1n) is 9.53. The number of benzene rings is 1. The number of H-pyrrole nitrogens is 1. The summed E-state index contributed by atoms with van der Waals surface area (Å²) in [5.74, 6) is 2.34. The van der Waals surface area contributed by atoms with E-state index >= 15 is 0 Å². The van der Waals surface area contributed by atoms with Crippen LogP contribution in [0.4, 0.5) is 0 Å². The quantitative estimate of drug-likeness (QED) is 0.693. The van der Waals surface area contributed by atoms with Crippen molar-refractivity contribution in [3.8, 4) is 22.8 Å². The highest BCUT2D eigenvalue weighted by Gasteiger charge is 2.31. The van der Waals surface area contributed by atoms with Gasteiger partial charge in [-0.3, -0.25) is 10.00 Å². The third kappa shape index (κ3) is 3.26. The van der Waals surface area contributed by atoms with Crippen molar-refractivity contribution >= 4 is 0 Å². The minimum absolute atomic E-state index is 0.333. The maximum Gasteiger partial charge on any atom is 0.161 e. The first-order chi connectivity index (χ1) is 13.6. The Labute approximate surface area is 164 Å². The second-order valence-electron chi connectivity index (χ2n) is 7.21. The number of likely N-dealkylation sites (tertiary alicyclic amines) is 1. The zero-order valence-corrected chi connectivity index (χ0v) is 16.8. The van der Waals surface area contributed by atoms with E-state index in [1.54, 1.807) is 14.2 Å². The van der Waals surface area contributed by atoms with Crippen molar-refractivity contribution in [1.29, 1.82) is 0 Å². The van der Waals surface area contributed by atoms with Gasteiger partial charge in [0.05, 0.1) is 31.8 Å². The van der Waals surface area contributed by atoms with Crippen molar-refractivity contribution in [1.82, 2.24) is 20.3 Å². The zero-order valence-electron chi connectivity index (χ0n) is 16.8. The molecule has 0 bridgehead atoms. The molecular formula is C21H26N4O3. The van der Waals surface area contributed by atoms with Gasteiger partial charge in [-0.2, -0.15) is 5.10 Å². The highest BCUT2D eigenvalue weighted by Crippen LogP contribution is 2.38. The summed E-state index contributed by atoms with van der Waals surface area (Å²) >= 11 is 0. The number of nitrogens with zero attached hydrogens (tertiary/aromatic N) is 3. The summed E-state index contributed by atoms with van der Waals surface area (Å²) < 4.78 is 16.2. The monoisotopic (exact) mass is 382 g/mol. The van der Waals surface area contributed by atoms with Crippen LogP contribution in [0.2, 0.25) is 0 Å². The van der Waals surface area contributed by atoms with E-state index in [9.17, 15) is 0 Å². The van der Waals surface area contributed by atoms with Gasteiger partial charge in [0.2, 0.25) is 0 Å². The number of aryl methyl sites for hydroxylation is 2. The molecule has 3 heterocycles. The molecule has 0 unspecified atom stereocenters. The number of hydrogen-bond donors (Lipinski definition) is 1. The third-order valence-electron chi connectivity index (χ3n) is 5.55. The fourth-order valence-corrected chi connectivity index (χ4v) is 4.20.